The van der Waals surface area contributed by atoms with E-state index in [1.165, 1.54) is 37.4 Å². The highest BCUT2D eigenvalue weighted by atomic mass is 32.2. The lowest BCUT2D eigenvalue weighted by Crippen LogP contribution is -2.40. The lowest BCUT2D eigenvalue weighted by atomic mass is 9.69. The van der Waals surface area contributed by atoms with Crippen LogP contribution in [0.5, 0.6) is 5.75 Å². The van der Waals surface area contributed by atoms with Gasteiger partial charge in [-0.25, -0.2) is 12.8 Å². The molecule has 0 spiro atoms. The Bertz CT molecular complexity index is 1660. The zero-order valence-corrected chi connectivity index (χ0v) is 23.6. The van der Waals surface area contributed by atoms with Gasteiger partial charge in [0.15, 0.2) is 0 Å². The van der Waals surface area contributed by atoms with E-state index >= 15 is 0 Å². The number of carboxylic acids is 1. The predicted molar refractivity (Wildman–Crippen MR) is 151 cm³/mol. The Balaban J connectivity index is 1.55. The lowest BCUT2D eigenvalue weighted by Gasteiger charge is -2.35. The summed E-state index contributed by atoms with van der Waals surface area (Å²) in [5.74, 6) is -6.65. The van der Waals surface area contributed by atoms with Crippen molar-refractivity contribution >= 4 is 39.4 Å². The van der Waals surface area contributed by atoms with Crippen molar-refractivity contribution in [2.75, 3.05) is 16.7 Å². The van der Waals surface area contributed by atoms with Crippen LogP contribution in [0.4, 0.5) is 28.9 Å². The van der Waals surface area contributed by atoms with Crippen molar-refractivity contribution in [3.05, 3.63) is 89.8 Å². The average Bonchev–Trinajstić information content (AvgIpc) is 2.96. The van der Waals surface area contributed by atoms with Crippen molar-refractivity contribution in [2.45, 2.75) is 36.3 Å². The van der Waals surface area contributed by atoms with Gasteiger partial charge >= 0.3 is 12.1 Å². The van der Waals surface area contributed by atoms with E-state index in [0.29, 0.717) is 30.0 Å². The molecule has 228 valence electrons. The average molecular weight is 621 g/mol. The van der Waals surface area contributed by atoms with Gasteiger partial charge in [-0.2, -0.15) is 13.2 Å². The zero-order valence-electron chi connectivity index (χ0n) is 22.8. The smallest absolute Gasteiger partial charge is 0.416 e. The summed E-state index contributed by atoms with van der Waals surface area (Å²) in [5.41, 5.74) is -0.568. The fourth-order valence-electron chi connectivity index (χ4n) is 5.31. The van der Waals surface area contributed by atoms with Gasteiger partial charge < -0.3 is 15.5 Å². The van der Waals surface area contributed by atoms with E-state index in [2.05, 4.69) is 11.9 Å². The molecule has 0 aliphatic heterocycles. The maximum Gasteiger partial charge on any atom is 0.416 e. The Labute approximate surface area is 245 Å². The SMILES string of the molecule is C=Cc1ccc(S(=O)(=O)N(C)c2ccc([C@H]3CCC[C@@H](C(=O)Nc4ccc(C(F)(F)F)cc4F)[C@@H]3C(=O)O)cc2)cc1O. The Hall–Kier alpha value is -4.39. The van der Waals surface area contributed by atoms with Gasteiger partial charge in [-0.1, -0.05) is 31.2 Å². The van der Waals surface area contributed by atoms with E-state index in [1.54, 1.807) is 12.1 Å². The third-order valence-corrected chi connectivity index (χ3v) is 9.42. The first-order valence-electron chi connectivity index (χ1n) is 13.1. The molecule has 0 heterocycles. The maximum atomic E-state index is 14.4. The van der Waals surface area contributed by atoms with Crippen LogP contribution in [0.3, 0.4) is 0 Å². The number of phenols is 1. The number of amides is 1. The number of carbonyl (C=O) groups is 2. The Morgan fingerprint density at radius 1 is 1.05 bits per heavy atom. The van der Waals surface area contributed by atoms with Crippen LogP contribution >= 0.6 is 0 Å². The number of nitrogens with zero attached hydrogens (tertiary/aromatic N) is 1. The highest BCUT2D eigenvalue weighted by molar-refractivity contribution is 7.92. The van der Waals surface area contributed by atoms with Crippen molar-refractivity contribution in [2.24, 2.45) is 11.8 Å². The minimum Gasteiger partial charge on any atom is -0.507 e. The number of halogens is 4. The second-order valence-corrected chi connectivity index (χ2v) is 12.1. The topological polar surface area (TPSA) is 124 Å². The molecular weight excluding hydrogens is 592 g/mol. The highest BCUT2D eigenvalue weighted by Gasteiger charge is 2.43. The molecule has 3 aromatic carbocycles. The van der Waals surface area contributed by atoms with Crippen molar-refractivity contribution in [1.82, 2.24) is 0 Å². The molecule has 3 atom stereocenters. The summed E-state index contributed by atoms with van der Waals surface area (Å²) in [7, 11) is -2.74. The number of hydrogen-bond acceptors (Lipinski definition) is 5. The van der Waals surface area contributed by atoms with Crippen LogP contribution in [0.15, 0.2) is 72.1 Å². The van der Waals surface area contributed by atoms with Gasteiger partial charge in [0.05, 0.1) is 33.7 Å². The molecule has 0 aromatic heterocycles. The number of phenolic OH excluding ortho intramolecular Hbond substituents is 1. The first kappa shape index (κ1) is 31.5. The van der Waals surface area contributed by atoms with Crippen LogP contribution < -0.4 is 9.62 Å². The summed E-state index contributed by atoms with van der Waals surface area (Å²) in [6, 6.07) is 11.6. The van der Waals surface area contributed by atoms with Crippen LogP contribution in [0.25, 0.3) is 6.08 Å². The van der Waals surface area contributed by atoms with E-state index in [-0.39, 0.29) is 28.8 Å². The summed E-state index contributed by atoms with van der Waals surface area (Å²) in [4.78, 5) is 25.3. The summed E-state index contributed by atoms with van der Waals surface area (Å²) >= 11 is 0. The number of sulfonamides is 1. The number of alkyl halides is 3. The second kappa shape index (κ2) is 12.1. The molecule has 0 radical (unpaired) electrons. The number of nitrogens with one attached hydrogen (secondary N) is 1. The first-order chi connectivity index (χ1) is 20.1. The van der Waals surface area contributed by atoms with Gasteiger partial charge in [-0.3, -0.25) is 13.9 Å². The van der Waals surface area contributed by atoms with Gasteiger partial charge in [-0.05, 0) is 66.8 Å². The number of hydrogen-bond donors (Lipinski definition) is 3. The Kier molecular flexibility index (Phi) is 8.86. The van der Waals surface area contributed by atoms with Crippen LogP contribution in [0.2, 0.25) is 0 Å². The molecule has 1 amide bonds. The molecule has 4 rings (SSSR count). The van der Waals surface area contributed by atoms with Crippen LogP contribution in [-0.2, 0) is 25.8 Å². The minimum atomic E-state index is -4.77. The third-order valence-electron chi connectivity index (χ3n) is 7.64. The van der Waals surface area contributed by atoms with Crippen LogP contribution in [0.1, 0.15) is 41.9 Å². The predicted octanol–water partition coefficient (Wildman–Crippen LogP) is 6.24. The van der Waals surface area contributed by atoms with Crippen LogP contribution in [-0.4, -0.2) is 37.6 Å². The molecule has 1 fully saturated rings. The molecule has 43 heavy (non-hydrogen) atoms. The van der Waals surface area contributed by atoms with E-state index in [9.17, 15) is 45.8 Å². The molecule has 13 heteroatoms. The minimum absolute atomic E-state index is 0.154. The quantitative estimate of drug-likeness (QED) is 0.256. The number of carbonyl (C=O) groups excluding carboxylic acids is 1. The number of rotatable bonds is 8. The molecular formula is C30H28F4N2O6S. The fourth-order valence-corrected chi connectivity index (χ4v) is 6.53. The monoisotopic (exact) mass is 620 g/mol. The molecule has 1 aliphatic carbocycles. The third kappa shape index (κ3) is 6.51. The summed E-state index contributed by atoms with van der Waals surface area (Å²) in [5, 5.41) is 22.4. The molecule has 3 N–H and O–H groups in total. The summed E-state index contributed by atoms with van der Waals surface area (Å²) in [6.45, 7) is 3.55. The van der Waals surface area contributed by atoms with Crippen molar-refractivity contribution in [3.63, 3.8) is 0 Å². The van der Waals surface area contributed by atoms with Crippen molar-refractivity contribution in [1.29, 1.82) is 0 Å². The van der Waals surface area contributed by atoms with E-state index in [1.807, 2.05) is 0 Å². The van der Waals surface area contributed by atoms with Crippen molar-refractivity contribution < 1.29 is 45.8 Å². The van der Waals surface area contributed by atoms with Crippen molar-refractivity contribution in [3.8, 4) is 5.75 Å². The molecule has 1 aliphatic rings. The zero-order chi connectivity index (χ0) is 31.7. The Morgan fingerprint density at radius 3 is 2.28 bits per heavy atom. The summed E-state index contributed by atoms with van der Waals surface area (Å²) in [6.07, 6.45) is -2.38. The molecule has 0 saturated heterocycles. The number of aliphatic carboxylic acids is 1. The van der Waals surface area contributed by atoms with Gasteiger partial charge in [0.25, 0.3) is 10.0 Å². The van der Waals surface area contributed by atoms with Gasteiger partial charge in [0, 0.05) is 18.7 Å². The lowest BCUT2D eigenvalue weighted by molar-refractivity contribution is -0.148. The van der Waals surface area contributed by atoms with Gasteiger partial charge in [-0.15, -0.1) is 0 Å². The molecule has 0 bridgehead atoms. The fraction of sp³-hybridized carbons (Fsp3) is 0.267. The number of benzene rings is 3. The standard InChI is InChI=1S/C30H28F4N2O6S/c1-3-17-9-13-21(16-26(17)37)43(41,42)36(2)20-11-7-18(8-12-20)22-5-4-6-23(27(22)29(39)40)28(38)35-25-14-10-19(15-24(25)31)30(32,33)34/h3,7-16,22-23,27,37H,1,4-6H2,2H3,(H,35,38)(H,39,40)/t22-,23-,27-/m1/s1. The van der Waals surface area contributed by atoms with Gasteiger partial charge in [0.2, 0.25) is 5.91 Å². The summed E-state index contributed by atoms with van der Waals surface area (Å²) < 4.78 is 80.3. The van der Waals surface area contributed by atoms with Crippen LogP contribution in [0, 0.1) is 17.7 Å². The number of carboxylic acid groups (broad SMARTS) is 1. The van der Waals surface area contributed by atoms with E-state index in [0.717, 1.165) is 16.4 Å². The largest absolute Gasteiger partial charge is 0.507 e. The maximum absolute atomic E-state index is 14.4. The molecule has 3 aromatic rings. The number of aromatic hydroxyl groups is 1. The van der Waals surface area contributed by atoms with E-state index in [4.69, 9.17) is 0 Å². The molecule has 0 unspecified atom stereocenters. The number of anilines is 2. The highest BCUT2D eigenvalue weighted by Crippen LogP contribution is 2.43. The Morgan fingerprint density at radius 2 is 1.72 bits per heavy atom. The van der Waals surface area contributed by atoms with Gasteiger partial charge in [0.1, 0.15) is 11.6 Å². The molecule has 8 nitrogen and oxygen atoms in total. The first-order valence-corrected chi connectivity index (χ1v) is 14.5. The van der Waals surface area contributed by atoms with E-state index < -0.39 is 62.9 Å². The molecule has 1 saturated carbocycles. The normalized spacial score (nSPS) is 19.0. The second-order valence-electron chi connectivity index (χ2n) is 10.2.